The molecule has 2 amide bonds. The minimum atomic E-state index is -4.66. The van der Waals surface area contributed by atoms with Crippen LogP contribution in [0.5, 0.6) is 5.75 Å². The molecule has 0 aliphatic rings. The van der Waals surface area contributed by atoms with Crippen LogP contribution in [-0.4, -0.2) is 18.4 Å². The number of benzene rings is 2. The number of hydrogen-bond acceptors (Lipinski definition) is 3. The summed E-state index contributed by atoms with van der Waals surface area (Å²) in [5, 5.41) is 2.03. The molecule has 0 heterocycles. The van der Waals surface area contributed by atoms with Crippen LogP contribution in [-0.2, 0) is 22.2 Å². The first-order chi connectivity index (χ1) is 12.1. The number of nitrogens with two attached hydrogens (primary N) is 1. The van der Waals surface area contributed by atoms with Crippen LogP contribution in [0.4, 0.5) is 23.2 Å². The molecule has 3 N–H and O–H groups in total. The highest BCUT2D eigenvalue weighted by Crippen LogP contribution is 2.31. The average Bonchev–Trinajstić information content (AvgIpc) is 2.54. The summed E-state index contributed by atoms with van der Waals surface area (Å²) in [5.41, 5.74) is 4.04. The first-order valence-electron chi connectivity index (χ1n) is 7.32. The first-order valence-corrected chi connectivity index (χ1v) is 7.32. The quantitative estimate of drug-likeness (QED) is 0.768. The minimum Gasteiger partial charge on any atom is -0.484 e. The molecule has 0 saturated heterocycles. The summed E-state index contributed by atoms with van der Waals surface area (Å²) in [7, 11) is 0. The van der Waals surface area contributed by atoms with Gasteiger partial charge in [0.2, 0.25) is 5.91 Å². The number of carbonyl (C=O) groups is 2. The highest BCUT2D eigenvalue weighted by molar-refractivity contribution is 5.92. The van der Waals surface area contributed by atoms with Crippen LogP contribution >= 0.6 is 0 Å². The van der Waals surface area contributed by atoms with E-state index < -0.39 is 41.7 Å². The summed E-state index contributed by atoms with van der Waals surface area (Å²) in [6, 6.07) is 7.85. The van der Waals surface area contributed by atoms with Crippen LogP contribution in [0.15, 0.2) is 42.5 Å². The SMILES string of the molecule is NC(=O)Cc1ccc(OCC(=O)Nc2cc(C(F)(F)F)ccc2F)cc1. The molecule has 0 aliphatic heterocycles. The van der Waals surface area contributed by atoms with Crippen molar-refractivity contribution in [3.8, 4) is 5.75 Å². The van der Waals surface area contributed by atoms with Crippen molar-refractivity contribution >= 4 is 17.5 Å². The van der Waals surface area contributed by atoms with E-state index in [0.717, 1.165) is 0 Å². The zero-order chi connectivity index (χ0) is 19.3. The van der Waals surface area contributed by atoms with E-state index in [-0.39, 0.29) is 12.2 Å². The van der Waals surface area contributed by atoms with Crippen molar-refractivity contribution < 1.29 is 31.9 Å². The summed E-state index contributed by atoms with van der Waals surface area (Å²) in [4.78, 5) is 22.6. The number of hydrogen-bond donors (Lipinski definition) is 2. The van der Waals surface area contributed by atoms with E-state index in [9.17, 15) is 27.2 Å². The number of anilines is 1. The van der Waals surface area contributed by atoms with Gasteiger partial charge in [0, 0.05) is 0 Å². The van der Waals surface area contributed by atoms with E-state index >= 15 is 0 Å². The smallest absolute Gasteiger partial charge is 0.416 e. The van der Waals surface area contributed by atoms with E-state index in [2.05, 4.69) is 0 Å². The third-order valence-electron chi connectivity index (χ3n) is 3.24. The molecule has 0 aromatic heterocycles. The summed E-state index contributed by atoms with van der Waals surface area (Å²) < 4.78 is 56.6. The predicted molar refractivity (Wildman–Crippen MR) is 84.9 cm³/mol. The molecular weight excluding hydrogens is 356 g/mol. The van der Waals surface area contributed by atoms with Gasteiger partial charge in [-0.25, -0.2) is 4.39 Å². The van der Waals surface area contributed by atoms with Crippen molar-refractivity contribution in [1.29, 1.82) is 0 Å². The molecule has 0 unspecified atom stereocenters. The molecule has 5 nitrogen and oxygen atoms in total. The predicted octanol–water partition coefficient (Wildman–Crippen LogP) is 2.89. The highest BCUT2D eigenvalue weighted by atomic mass is 19.4. The Bertz CT molecular complexity index is 805. The fraction of sp³-hybridized carbons (Fsp3) is 0.176. The fourth-order valence-corrected chi connectivity index (χ4v) is 2.04. The van der Waals surface area contributed by atoms with Crippen molar-refractivity contribution in [3.05, 3.63) is 59.4 Å². The van der Waals surface area contributed by atoms with Gasteiger partial charge in [0.25, 0.3) is 5.91 Å². The third-order valence-corrected chi connectivity index (χ3v) is 3.24. The molecule has 9 heteroatoms. The molecule has 138 valence electrons. The molecule has 2 aromatic carbocycles. The fourth-order valence-electron chi connectivity index (χ4n) is 2.04. The van der Waals surface area contributed by atoms with Crippen LogP contribution in [0.2, 0.25) is 0 Å². The molecule has 0 saturated carbocycles. The van der Waals surface area contributed by atoms with Crippen LogP contribution in [0, 0.1) is 5.82 Å². The van der Waals surface area contributed by atoms with Gasteiger partial charge in [-0.05, 0) is 35.9 Å². The van der Waals surface area contributed by atoms with Crippen LogP contribution < -0.4 is 15.8 Å². The maximum absolute atomic E-state index is 13.6. The number of primary amides is 1. The van der Waals surface area contributed by atoms with E-state index in [1.807, 2.05) is 5.32 Å². The lowest BCUT2D eigenvalue weighted by atomic mass is 10.1. The van der Waals surface area contributed by atoms with Crippen molar-refractivity contribution in [2.75, 3.05) is 11.9 Å². The number of nitrogens with one attached hydrogen (secondary N) is 1. The van der Waals surface area contributed by atoms with E-state index in [1.54, 1.807) is 12.1 Å². The second-order valence-electron chi connectivity index (χ2n) is 5.32. The molecule has 2 rings (SSSR count). The van der Waals surface area contributed by atoms with Crippen LogP contribution in [0.1, 0.15) is 11.1 Å². The number of alkyl halides is 3. The molecule has 0 radical (unpaired) electrons. The molecule has 0 aliphatic carbocycles. The molecular formula is C17H14F4N2O3. The van der Waals surface area contributed by atoms with Gasteiger partial charge in [-0.1, -0.05) is 12.1 Å². The maximum atomic E-state index is 13.6. The van der Waals surface area contributed by atoms with Crippen molar-refractivity contribution in [1.82, 2.24) is 0 Å². The Kier molecular flexibility index (Phi) is 5.81. The second kappa shape index (κ2) is 7.85. The topological polar surface area (TPSA) is 81.4 Å². The average molecular weight is 370 g/mol. The molecule has 2 aromatic rings. The Morgan fingerprint density at radius 1 is 1.08 bits per heavy atom. The third kappa shape index (κ3) is 5.47. The number of rotatable bonds is 6. The number of halogens is 4. The van der Waals surface area contributed by atoms with Gasteiger partial charge in [-0.15, -0.1) is 0 Å². The van der Waals surface area contributed by atoms with Gasteiger partial charge in [-0.3, -0.25) is 9.59 Å². The standard InChI is InChI=1S/C17H14F4N2O3/c18-13-6-3-11(17(19,20)21)8-14(13)23-16(25)9-26-12-4-1-10(2-5-12)7-15(22)24/h1-6,8H,7,9H2,(H2,22,24)(H,23,25). The molecule has 0 spiro atoms. The lowest BCUT2D eigenvalue weighted by molar-refractivity contribution is -0.137. The Hall–Kier alpha value is -3.10. The lowest BCUT2D eigenvalue weighted by Crippen LogP contribution is -2.21. The van der Waals surface area contributed by atoms with E-state index in [4.69, 9.17) is 10.5 Å². The van der Waals surface area contributed by atoms with Gasteiger partial charge in [-0.2, -0.15) is 13.2 Å². The van der Waals surface area contributed by atoms with Crippen molar-refractivity contribution in [2.45, 2.75) is 12.6 Å². The monoisotopic (exact) mass is 370 g/mol. The number of amides is 2. The zero-order valence-electron chi connectivity index (χ0n) is 13.3. The molecule has 26 heavy (non-hydrogen) atoms. The summed E-state index contributed by atoms with van der Waals surface area (Å²) in [6.45, 7) is -0.537. The minimum absolute atomic E-state index is 0.0512. The van der Waals surface area contributed by atoms with Gasteiger partial charge < -0.3 is 15.8 Å². The van der Waals surface area contributed by atoms with Gasteiger partial charge >= 0.3 is 6.18 Å². The normalized spacial score (nSPS) is 11.1. The van der Waals surface area contributed by atoms with Gasteiger partial charge in [0.05, 0.1) is 17.7 Å². The Balaban J connectivity index is 1.96. The number of ether oxygens (including phenoxy) is 1. The van der Waals surface area contributed by atoms with E-state index in [1.165, 1.54) is 12.1 Å². The van der Waals surface area contributed by atoms with E-state index in [0.29, 0.717) is 23.8 Å². The van der Waals surface area contributed by atoms with Crippen molar-refractivity contribution in [2.24, 2.45) is 5.73 Å². The highest BCUT2D eigenvalue weighted by Gasteiger charge is 2.31. The molecule has 0 bridgehead atoms. The number of carbonyl (C=O) groups excluding carboxylic acids is 2. The van der Waals surface area contributed by atoms with Gasteiger partial charge in [0.1, 0.15) is 11.6 Å². The van der Waals surface area contributed by atoms with Crippen LogP contribution in [0.3, 0.4) is 0 Å². The summed E-state index contributed by atoms with van der Waals surface area (Å²) >= 11 is 0. The summed E-state index contributed by atoms with van der Waals surface area (Å²) in [6.07, 6.45) is -4.61. The Morgan fingerprint density at radius 2 is 1.73 bits per heavy atom. The first kappa shape index (κ1) is 19.2. The largest absolute Gasteiger partial charge is 0.484 e. The Morgan fingerprint density at radius 3 is 2.31 bits per heavy atom. The summed E-state index contributed by atoms with van der Waals surface area (Å²) in [5.74, 6) is -2.04. The lowest BCUT2D eigenvalue weighted by Gasteiger charge is -2.11. The molecule has 0 atom stereocenters. The Labute approximate surface area is 145 Å². The maximum Gasteiger partial charge on any atom is 0.416 e. The van der Waals surface area contributed by atoms with Crippen molar-refractivity contribution in [3.63, 3.8) is 0 Å². The molecule has 0 fully saturated rings. The zero-order valence-corrected chi connectivity index (χ0v) is 13.3. The second-order valence-corrected chi connectivity index (χ2v) is 5.32. The van der Waals surface area contributed by atoms with Gasteiger partial charge in [0.15, 0.2) is 6.61 Å². The van der Waals surface area contributed by atoms with Crippen LogP contribution in [0.25, 0.3) is 0 Å².